The smallest absolute Gasteiger partial charge is 0.213 e. The zero-order chi connectivity index (χ0) is 13.9. The summed E-state index contributed by atoms with van der Waals surface area (Å²) in [7, 11) is 3.30. The van der Waals surface area contributed by atoms with Crippen molar-refractivity contribution < 1.29 is 9.47 Å². The number of aromatic amines is 1. The van der Waals surface area contributed by atoms with E-state index >= 15 is 0 Å². The molecule has 0 saturated carbocycles. The highest BCUT2D eigenvalue weighted by atomic mass is 16.5. The maximum absolute atomic E-state index is 5.19. The number of rotatable bonds is 4. The highest BCUT2D eigenvalue weighted by Crippen LogP contribution is 2.22. The zero-order valence-electron chi connectivity index (χ0n) is 11.5. The van der Waals surface area contributed by atoms with Crippen LogP contribution in [0.1, 0.15) is 11.1 Å². The number of nitrogens with one attached hydrogen (secondary N) is 1. The number of ether oxygens (including phenoxy) is 2. The van der Waals surface area contributed by atoms with Gasteiger partial charge < -0.3 is 14.5 Å². The first-order valence-electron chi connectivity index (χ1n) is 6.44. The van der Waals surface area contributed by atoms with Crippen molar-refractivity contribution in [2.45, 2.75) is 6.42 Å². The molecule has 0 amide bonds. The third-order valence-corrected chi connectivity index (χ3v) is 3.34. The Balaban J connectivity index is 1.93. The Kier molecular flexibility index (Phi) is 3.29. The Morgan fingerprint density at radius 1 is 1.00 bits per heavy atom. The van der Waals surface area contributed by atoms with Crippen molar-refractivity contribution in [1.29, 1.82) is 0 Å². The lowest BCUT2D eigenvalue weighted by molar-refractivity contribution is 0.399. The maximum atomic E-state index is 5.19. The van der Waals surface area contributed by atoms with Crippen LogP contribution in [0.25, 0.3) is 11.0 Å². The molecule has 4 heteroatoms. The van der Waals surface area contributed by atoms with Gasteiger partial charge >= 0.3 is 0 Å². The van der Waals surface area contributed by atoms with Crippen molar-refractivity contribution >= 4 is 11.0 Å². The summed E-state index contributed by atoms with van der Waals surface area (Å²) in [6.07, 6.45) is 2.82. The molecule has 2 aromatic heterocycles. The van der Waals surface area contributed by atoms with E-state index in [1.807, 2.05) is 30.5 Å². The van der Waals surface area contributed by atoms with Gasteiger partial charge in [-0.2, -0.15) is 0 Å². The van der Waals surface area contributed by atoms with Gasteiger partial charge in [-0.3, -0.25) is 0 Å². The highest BCUT2D eigenvalue weighted by molar-refractivity contribution is 5.79. The van der Waals surface area contributed by atoms with Gasteiger partial charge in [0, 0.05) is 24.2 Å². The SMILES string of the molecule is COc1ccc(Cc2c[nH]c3ccc(OC)nc23)cc1. The Morgan fingerprint density at radius 3 is 2.50 bits per heavy atom. The minimum atomic E-state index is 0.632. The molecule has 3 aromatic rings. The Hall–Kier alpha value is -2.49. The van der Waals surface area contributed by atoms with Crippen LogP contribution in [0.3, 0.4) is 0 Å². The molecule has 0 atom stereocenters. The minimum Gasteiger partial charge on any atom is -0.497 e. The second-order valence-electron chi connectivity index (χ2n) is 4.59. The molecule has 0 fully saturated rings. The Morgan fingerprint density at radius 2 is 1.80 bits per heavy atom. The Bertz CT molecular complexity index is 717. The topological polar surface area (TPSA) is 47.1 Å². The third-order valence-electron chi connectivity index (χ3n) is 3.34. The lowest BCUT2D eigenvalue weighted by atomic mass is 10.1. The number of methoxy groups -OCH3 is 2. The van der Waals surface area contributed by atoms with Gasteiger partial charge in [-0.05, 0) is 23.8 Å². The number of benzene rings is 1. The third kappa shape index (κ3) is 2.32. The Labute approximate surface area is 117 Å². The van der Waals surface area contributed by atoms with E-state index < -0.39 is 0 Å². The van der Waals surface area contributed by atoms with Crippen LogP contribution in [0.15, 0.2) is 42.6 Å². The zero-order valence-corrected chi connectivity index (χ0v) is 11.5. The van der Waals surface area contributed by atoms with Crippen LogP contribution in [0.5, 0.6) is 11.6 Å². The predicted molar refractivity (Wildman–Crippen MR) is 78.4 cm³/mol. The van der Waals surface area contributed by atoms with E-state index in [1.54, 1.807) is 14.2 Å². The molecule has 4 nitrogen and oxygen atoms in total. The molecule has 0 aliphatic carbocycles. The molecule has 102 valence electrons. The summed E-state index contributed by atoms with van der Waals surface area (Å²) < 4.78 is 10.4. The van der Waals surface area contributed by atoms with Crippen LogP contribution in [0.4, 0.5) is 0 Å². The molecule has 0 aliphatic heterocycles. The normalized spacial score (nSPS) is 10.7. The summed E-state index contributed by atoms with van der Waals surface area (Å²) in [5, 5.41) is 0. The van der Waals surface area contributed by atoms with Crippen LogP contribution in [0, 0.1) is 0 Å². The number of nitrogens with zero attached hydrogens (tertiary/aromatic N) is 1. The number of H-pyrrole nitrogens is 1. The van der Waals surface area contributed by atoms with Crippen LogP contribution in [0.2, 0.25) is 0 Å². The molecule has 0 saturated heterocycles. The van der Waals surface area contributed by atoms with Crippen LogP contribution in [-0.4, -0.2) is 24.2 Å². The molecule has 2 heterocycles. The summed E-state index contributed by atoms with van der Waals surface area (Å²) >= 11 is 0. The first-order valence-corrected chi connectivity index (χ1v) is 6.44. The number of hydrogen-bond donors (Lipinski definition) is 1. The van der Waals surface area contributed by atoms with Gasteiger partial charge in [0.15, 0.2) is 0 Å². The number of hydrogen-bond acceptors (Lipinski definition) is 3. The predicted octanol–water partition coefficient (Wildman–Crippen LogP) is 3.17. The van der Waals surface area contributed by atoms with E-state index in [2.05, 4.69) is 22.1 Å². The van der Waals surface area contributed by atoms with Crippen molar-refractivity contribution in [2.24, 2.45) is 0 Å². The summed E-state index contributed by atoms with van der Waals surface area (Å²) in [6, 6.07) is 11.9. The van der Waals surface area contributed by atoms with Gasteiger partial charge in [-0.15, -0.1) is 0 Å². The fourth-order valence-electron chi connectivity index (χ4n) is 2.25. The molecular weight excluding hydrogens is 252 g/mol. The van der Waals surface area contributed by atoms with Gasteiger partial charge in [0.25, 0.3) is 0 Å². The molecule has 0 bridgehead atoms. The van der Waals surface area contributed by atoms with Crippen molar-refractivity contribution in [3.05, 3.63) is 53.7 Å². The number of aromatic nitrogens is 2. The van der Waals surface area contributed by atoms with Crippen LogP contribution >= 0.6 is 0 Å². The summed E-state index contributed by atoms with van der Waals surface area (Å²) in [4.78, 5) is 7.74. The second kappa shape index (κ2) is 5.25. The molecule has 0 aliphatic rings. The van der Waals surface area contributed by atoms with Gasteiger partial charge in [0.1, 0.15) is 5.75 Å². The lowest BCUT2D eigenvalue weighted by Gasteiger charge is -2.03. The minimum absolute atomic E-state index is 0.632. The van der Waals surface area contributed by atoms with E-state index in [9.17, 15) is 0 Å². The van der Waals surface area contributed by atoms with E-state index in [1.165, 1.54) is 5.56 Å². The van der Waals surface area contributed by atoms with E-state index in [0.29, 0.717) is 5.88 Å². The van der Waals surface area contributed by atoms with Crippen molar-refractivity contribution in [3.8, 4) is 11.6 Å². The summed E-state index contributed by atoms with van der Waals surface area (Å²) in [5.74, 6) is 1.50. The molecular formula is C16H16N2O2. The number of pyridine rings is 1. The maximum Gasteiger partial charge on any atom is 0.213 e. The van der Waals surface area contributed by atoms with Crippen LogP contribution < -0.4 is 9.47 Å². The molecule has 0 unspecified atom stereocenters. The van der Waals surface area contributed by atoms with Gasteiger partial charge in [0.2, 0.25) is 5.88 Å². The quantitative estimate of drug-likeness (QED) is 0.790. The van der Waals surface area contributed by atoms with E-state index in [4.69, 9.17) is 9.47 Å². The van der Waals surface area contributed by atoms with Crippen LogP contribution in [-0.2, 0) is 6.42 Å². The average Bonchev–Trinajstić information content (AvgIpc) is 2.90. The van der Waals surface area contributed by atoms with Crippen molar-refractivity contribution in [3.63, 3.8) is 0 Å². The fraction of sp³-hybridized carbons (Fsp3) is 0.188. The standard InChI is InChI=1S/C16H16N2O2/c1-19-13-5-3-11(4-6-13)9-12-10-17-14-7-8-15(20-2)18-16(12)14/h3-8,10,17H,9H2,1-2H3. The molecule has 1 aromatic carbocycles. The van der Waals surface area contributed by atoms with Gasteiger partial charge in [-0.1, -0.05) is 12.1 Å². The molecule has 0 spiro atoms. The first kappa shape index (κ1) is 12.5. The van der Waals surface area contributed by atoms with Crippen molar-refractivity contribution in [1.82, 2.24) is 9.97 Å². The number of fused-ring (bicyclic) bond motifs is 1. The van der Waals surface area contributed by atoms with Crippen molar-refractivity contribution in [2.75, 3.05) is 14.2 Å². The molecule has 1 N–H and O–H groups in total. The second-order valence-corrected chi connectivity index (χ2v) is 4.59. The lowest BCUT2D eigenvalue weighted by Crippen LogP contribution is -1.91. The molecule has 0 radical (unpaired) electrons. The largest absolute Gasteiger partial charge is 0.497 e. The van der Waals surface area contributed by atoms with Gasteiger partial charge in [0.05, 0.1) is 25.3 Å². The summed E-state index contributed by atoms with van der Waals surface area (Å²) in [6.45, 7) is 0. The van der Waals surface area contributed by atoms with E-state index in [0.717, 1.165) is 28.8 Å². The van der Waals surface area contributed by atoms with Gasteiger partial charge in [-0.25, -0.2) is 4.98 Å². The summed E-state index contributed by atoms with van der Waals surface area (Å²) in [5.41, 5.74) is 4.36. The average molecular weight is 268 g/mol. The fourth-order valence-corrected chi connectivity index (χ4v) is 2.25. The molecule has 20 heavy (non-hydrogen) atoms. The highest BCUT2D eigenvalue weighted by Gasteiger charge is 2.07. The first-order chi connectivity index (χ1) is 9.80. The van der Waals surface area contributed by atoms with E-state index in [-0.39, 0.29) is 0 Å². The molecule has 3 rings (SSSR count). The monoisotopic (exact) mass is 268 g/mol.